The summed E-state index contributed by atoms with van der Waals surface area (Å²) in [5, 5.41) is 59.7. The minimum absolute atomic E-state index is 0.0602. The average molecular weight is 1060 g/mol. The molecule has 0 fully saturated rings. The van der Waals surface area contributed by atoms with E-state index in [4.69, 9.17) is 5.73 Å². The lowest BCUT2D eigenvalue weighted by atomic mass is 9.98. The van der Waals surface area contributed by atoms with E-state index in [-0.39, 0.29) is 43.4 Å². The fraction of sp³-hybridized carbons (Fsp3) is 0.571. The number of carbonyl (C=O) groups excluding carboxylic acids is 8. The first-order chi connectivity index (χ1) is 35.4. The number of hydrogen-bond donors (Lipinski definition) is 15. The molecule has 3 rings (SSSR count). The molecule has 1 aromatic carbocycles. The molecule has 16 N–H and O–H groups in total. The van der Waals surface area contributed by atoms with Crippen LogP contribution in [0.5, 0.6) is 0 Å². The zero-order chi connectivity index (χ0) is 56.1. The number of carbonyl (C=O) groups is 10. The molecular weight excluding hydrogens is 981 g/mol. The normalized spacial score (nSPS) is 15.4. The number of hydrogen-bond acceptors (Lipinski definition) is 14. The lowest BCUT2D eigenvalue weighted by Gasteiger charge is -2.27. The summed E-state index contributed by atoms with van der Waals surface area (Å²) in [6.07, 6.45) is 3.64. The Bertz CT molecular complexity index is 2430. The van der Waals surface area contributed by atoms with Gasteiger partial charge in [0.1, 0.15) is 48.3 Å². The van der Waals surface area contributed by atoms with E-state index in [1.165, 1.54) is 19.4 Å². The molecule has 0 spiro atoms. The van der Waals surface area contributed by atoms with Crippen LogP contribution in [0, 0.1) is 17.8 Å². The highest BCUT2D eigenvalue weighted by Crippen LogP contribution is 2.20. The Kier molecular flexibility index (Phi) is 24.8. The number of para-hydroxylation sites is 1. The van der Waals surface area contributed by atoms with E-state index in [0.717, 1.165) is 0 Å². The number of rotatable bonds is 32. The molecular formula is C49H74N12O14. The fourth-order valence-electron chi connectivity index (χ4n) is 7.69. The van der Waals surface area contributed by atoms with Crippen LogP contribution in [0.3, 0.4) is 0 Å². The monoisotopic (exact) mass is 1050 g/mol. The molecule has 0 unspecified atom stereocenters. The zero-order valence-electron chi connectivity index (χ0n) is 43.2. The van der Waals surface area contributed by atoms with Crippen LogP contribution in [0.2, 0.25) is 0 Å². The summed E-state index contributed by atoms with van der Waals surface area (Å²) < 4.78 is 0. The molecule has 0 bridgehead atoms. The molecule has 0 aliphatic carbocycles. The third-order valence-corrected chi connectivity index (χ3v) is 12.2. The highest BCUT2D eigenvalue weighted by atomic mass is 16.4. The van der Waals surface area contributed by atoms with Gasteiger partial charge in [0, 0.05) is 48.3 Å². The minimum atomic E-state index is -1.81. The molecule has 0 aliphatic heterocycles. The standard InChI is InChI=1S/C49H74N12O14/c1-8-26(6)40(50)48(73)58-35(18-29-20-51-23-53-29)45(70)57-34(17-28-19-52-31-12-10-9-11-30(28)31)44(69)55-32(13-14-39(64)65)42(67)61-37(21-62)46(71)54-27(7)41(66)60-38(22-63)47(72)56-33(15-24(2)3)43(68)59-36(49(74)75)16-25(4)5/h9-12,19-20,23-27,32-38,40,52,62-63H,8,13-18,21-22,50H2,1-7H3,(H,51,53)(H,54,71)(H,55,69)(H,56,72)(H,57,70)(H,58,73)(H,59,68)(H,60,66)(H,61,67)(H,64,65)(H,74,75)/t26-,27-,32-,33-,34-,35-,36-,37-,38-,40-/m0/s1. The Morgan fingerprint density at radius 2 is 1.07 bits per heavy atom. The zero-order valence-corrected chi connectivity index (χ0v) is 43.2. The molecule has 414 valence electrons. The Labute approximate surface area is 433 Å². The Morgan fingerprint density at radius 3 is 1.63 bits per heavy atom. The van der Waals surface area contributed by atoms with Gasteiger partial charge in [0.25, 0.3) is 0 Å². The molecule has 0 radical (unpaired) electrons. The molecule has 0 saturated carbocycles. The number of H-pyrrole nitrogens is 2. The fourth-order valence-corrected chi connectivity index (χ4v) is 7.69. The number of imidazole rings is 1. The number of carboxylic acids is 2. The van der Waals surface area contributed by atoms with E-state index in [1.807, 2.05) is 6.92 Å². The first-order valence-electron chi connectivity index (χ1n) is 24.8. The van der Waals surface area contributed by atoms with Crippen molar-refractivity contribution < 1.29 is 68.4 Å². The Balaban J connectivity index is 1.81. The van der Waals surface area contributed by atoms with Gasteiger partial charge in [-0.05, 0) is 55.6 Å². The summed E-state index contributed by atoms with van der Waals surface area (Å²) in [6.45, 7) is 9.79. The number of carboxylic acid groups (broad SMARTS) is 2. The van der Waals surface area contributed by atoms with Crippen molar-refractivity contribution in [3.05, 3.63) is 54.2 Å². The summed E-state index contributed by atoms with van der Waals surface area (Å²) in [7, 11) is 0. The second-order valence-corrected chi connectivity index (χ2v) is 19.3. The van der Waals surface area contributed by atoms with E-state index in [9.17, 15) is 68.4 Å². The first kappa shape index (κ1) is 61.8. The highest BCUT2D eigenvalue weighted by Gasteiger charge is 2.35. The van der Waals surface area contributed by atoms with Gasteiger partial charge in [-0.15, -0.1) is 0 Å². The summed E-state index contributed by atoms with van der Waals surface area (Å²) in [5.41, 5.74) is 7.90. The van der Waals surface area contributed by atoms with Gasteiger partial charge in [0.2, 0.25) is 47.3 Å². The van der Waals surface area contributed by atoms with E-state index >= 15 is 0 Å². The van der Waals surface area contributed by atoms with Crippen molar-refractivity contribution >= 4 is 70.1 Å². The molecule has 75 heavy (non-hydrogen) atoms. The lowest BCUT2D eigenvalue weighted by molar-refractivity contribution is -0.143. The topological polar surface area (TPSA) is 418 Å². The van der Waals surface area contributed by atoms with Crippen molar-refractivity contribution in [2.75, 3.05) is 13.2 Å². The average Bonchev–Trinajstić information content (AvgIpc) is 4.03. The number of aliphatic carboxylic acids is 2. The van der Waals surface area contributed by atoms with E-state index in [1.54, 1.807) is 65.1 Å². The predicted octanol–water partition coefficient (Wildman–Crippen LogP) is -2.03. The van der Waals surface area contributed by atoms with Crippen molar-refractivity contribution in [2.45, 2.75) is 148 Å². The molecule has 2 aromatic heterocycles. The largest absolute Gasteiger partial charge is 0.481 e. The van der Waals surface area contributed by atoms with Gasteiger partial charge < -0.3 is 78.7 Å². The second-order valence-electron chi connectivity index (χ2n) is 19.3. The Hall–Kier alpha value is -7.45. The molecule has 0 aliphatic rings. The van der Waals surface area contributed by atoms with Gasteiger partial charge in [-0.3, -0.25) is 43.2 Å². The van der Waals surface area contributed by atoms with Crippen molar-refractivity contribution in [1.82, 2.24) is 57.5 Å². The number of nitrogens with one attached hydrogen (secondary N) is 10. The van der Waals surface area contributed by atoms with Crippen LogP contribution in [0.4, 0.5) is 0 Å². The molecule has 26 nitrogen and oxygen atoms in total. The van der Waals surface area contributed by atoms with Crippen molar-refractivity contribution in [2.24, 2.45) is 23.5 Å². The van der Waals surface area contributed by atoms with Crippen LogP contribution in [-0.2, 0) is 60.8 Å². The first-order valence-corrected chi connectivity index (χ1v) is 24.8. The maximum atomic E-state index is 14.4. The molecule has 3 aromatic rings. The second kappa shape index (κ2) is 30.0. The number of aromatic amines is 2. The lowest BCUT2D eigenvalue weighted by Crippen LogP contribution is -2.61. The molecule has 2 heterocycles. The van der Waals surface area contributed by atoms with Crippen LogP contribution in [-0.4, -0.2) is 162 Å². The van der Waals surface area contributed by atoms with Crippen LogP contribution < -0.4 is 48.3 Å². The number of nitrogens with zero attached hydrogens (tertiary/aromatic N) is 1. The van der Waals surface area contributed by atoms with Crippen LogP contribution >= 0.6 is 0 Å². The number of benzene rings is 1. The van der Waals surface area contributed by atoms with Crippen molar-refractivity contribution in [1.29, 1.82) is 0 Å². The van der Waals surface area contributed by atoms with E-state index in [0.29, 0.717) is 28.6 Å². The summed E-state index contributed by atoms with van der Waals surface area (Å²) in [4.78, 5) is 142. The number of aromatic nitrogens is 3. The van der Waals surface area contributed by atoms with Gasteiger partial charge >= 0.3 is 11.9 Å². The maximum absolute atomic E-state index is 14.4. The number of fused-ring (bicyclic) bond motifs is 1. The molecule has 0 saturated heterocycles. The molecule has 10 atom stereocenters. The van der Waals surface area contributed by atoms with Gasteiger partial charge in [-0.1, -0.05) is 66.2 Å². The number of aliphatic hydroxyl groups excluding tert-OH is 2. The Morgan fingerprint density at radius 1 is 0.587 bits per heavy atom. The minimum Gasteiger partial charge on any atom is -0.481 e. The van der Waals surface area contributed by atoms with Crippen LogP contribution in [0.25, 0.3) is 10.9 Å². The third-order valence-electron chi connectivity index (χ3n) is 12.2. The predicted molar refractivity (Wildman–Crippen MR) is 270 cm³/mol. The summed E-state index contributed by atoms with van der Waals surface area (Å²) in [6, 6.07) is -5.89. The number of aliphatic hydroxyl groups is 2. The van der Waals surface area contributed by atoms with Crippen molar-refractivity contribution in [3.8, 4) is 0 Å². The van der Waals surface area contributed by atoms with Crippen molar-refractivity contribution in [3.63, 3.8) is 0 Å². The summed E-state index contributed by atoms with van der Waals surface area (Å²) >= 11 is 0. The van der Waals surface area contributed by atoms with Gasteiger partial charge in [0.15, 0.2) is 0 Å². The SMILES string of the molecule is CC[C@H](C)[C@H](N)C(=O)N[C@@H](Cc1cnc[nH]1)C(=O)N[C@@H](Cc1c[nH]c2ccccc12)C(=O)N[C@@H](CCC(=O)O)C(=O)N[C@@H](CO)C(=O)N[C@@H](C)C(=O)N[C@@H](CO)C(=O)N[C@@H](CC(C)C)C(=O)N[C@@H](CC(C)C)C(=O)O. The smallest absolute Gasteiger partial charge is 0.326 e. The molecule has 26 heteroatoms. The van der Waals surface area contributed by atoms with Gasteiger partial charge in [-0.2, -0.15) is 0 Å². The maximum Gasteiger partial charge on any atom is 0.326 e. The quantitative estimate of drug-likeness (QED) is 0.0321. The van der Waals surface area contributed by atoms with Crippen LogP contribution in [0.1, 0.15) is 91.8 Å². The van der Waals surface area contributed by atoms with Gasteiger partial charge in [-0.25, -0.2) is 9.78 Å². The number of amides is 8. The van der Waals surface area contributed by atoms with Gasteiger partial charge in [0.05, 0.1) is 25.6 Å². The molecule has 8 amide bonds. The van der Waals surface area contributed by atoms with E-state index < -0.39 is 140 Å². The summed E-state index contributed by atoms with van der Waals surface area (Å²) in [5.74, 6) is -10.7. The number of nitrogens with two attached hydrogens (primary N) is 1. The highest BCUT2D eigenvalue weighted by molar-refractivity contribution is 5.98. The third kappa shape index (κ3) is 19.7. The van der Waals surface area contributed by atoms with Crippen LogP contribution in [0.15, 0.2) is 43.0 Å². The van der Waals surface area contributed by atoms with E-state index in [2.05, 4.69) is 57.5 Å².